The molecule has 2 rings (SSSR count). The van der Waals surface area contributed by atoms with Crippen molar-refractivity contribution in [1.82, 2.24) is 4.57 Å². The molecule has 29 heavy (non-hydrogen) atoms. The molecule has 0 bridgehead atoms. The number of aryl methyl sites for hydroxylation is 1. The highest BCUT2D eigenvalue weighted by atomic mass is 16.5. The molecule has 0 aliphatic carbocycles. The molecule has 4 heteroatoms. The molecule has 0 aliphatic heterocycles. The summed E-state index contributed by atoms with van der Waals surface area (Å²) >= 11 is 0. The monoisotopic (exact) mass is 399 g/mol. The lowest BCUT2D eigenvalue weighted by Crippen LogP contribution is -2.20. The fraction of sp³-hybridized carbons (Fsp3) is 0.560. The van der Waals surface area contributed by atoms with Gasteiger partial charge < -0.3 is 14.4 Å². The van der Waals surface area contributed by atoms with Gasteiger partial charge in [-0.05, 0) is 30.7 Å². The molecule has 0 atom stereocenters. The Balaban J connectivity index is 1.69. The van der Waals surface area contributed by atoms with Crippen LogP contribution in [0.5, 0.6) is 11.5 Å². The number of phenols is 1. The van der Waals surface area contributed by atoms with Gasteiger partial charge in [0.2, 0.25) is 0 Å². The minimum atomic E-state index is -0.0383. The molecule has 1 heterocycles. The Morgan fingerprint density at radius 2 is 1.55 bits per heavy atom. The summed E-state index contributed by atoms with van der Waals surface area (Å²) in [5.74, 6) is 0.948. The van der Waals surface area contributed by atoms with E-state index in [0.29, 0.717) is 24.2 Å². The van der Waals surface area contributed by atoms with Crippen LogP contribution in [-0.2, 0) is 13.5 Å². The van der Waals surface area contributed by atoms with Crippen LogP contribution in [0.2, 0.25) is 0 Å². The number of benzene rings is 1. The van der Waals surface area contributed by atoms with Crippen LogP contribution in [0.15, 0.2) is 41.3 Å². The van der Waals surface area contributed by atoms with Gasteiger partial charge in [-0.1, -0.05) is 70.8 Å². The second kappa shape index (κ2) is 13.1. The first kappa shape index (κ1) is 23.1. The van der Waals surface area contributed by atoms with Crippen molar-refractivity contribution < 1.29 is 9.84 Å². The van der Waals surface area contributed by atoms with Crippen LogP contribution in [0, 0.1) is 0 Å². The highest BCUT2D eigenvalue weighted by Crippen LogP contribution is 2.25. The molecule has 0 unspecified atom stereocenters. The third-order valence-electron chi connectivity index (χ3n) is 5.40. The number of hydrogen-bond donors (Lipinski definition) is 1. The zero-order valence-corrected chi connectivity index (χ0v) is 18.2. The number of nitrogens with zero attached hydrogens (tertiary/aromatic N) is 1. The lowest BCUT2D eigenvalue weighted by Gasteiger charge is -2.10. The molecule has 1 N–H and O–H groups in total. The van der Waals surface area contributed by atoms with Crippen LogP contribution in [0.1, 0.15) is 82.3 Å². The summed E-state index contributed by atoms with van der Waals surface area (Å²) in [7, 11) is 1.73. The predicted molar refractivity (Wildman–Crippen MR) is 120 cm³/mol. The summed E-state index contributed by atoms with van der Waals surface area (Å²) in [6.07, 6.45) is 15.1. The number of hydrogen-bond acceptors (Lipinski definition) is 3. The molecule has 160 valence electrons. The van der Waals surface area contributed by atoms with E-state index in [2.05, 4.69) is 6.92 Å². The van der Waals surface area contributed by atoms with E-state index in [1.54, 1.807) is 36.0 Å². The number of aromatic nitrogens is 1. The molecule has 1 aromatic carbocycles. The summed E-state index contributed by atoms with van der Waals surface area (Å²) in [4.78, 5) is 12.2. The van der Waals surface area contributed by atoms with E-state index in [0.717, 1.165) is 12.2 Å². The minimum absolute atomic E-state index is 0.0383. The van der Waals surface area contributed by atoms with Crippen molar-refractivity contribution in [1.29, 1.82) is 0 Å². The van der Waals surface area contributed by atoms with E-state index < -0.39 is 0 Å². The van der Waals surface area contributed by atoms with Crippen LogP contribution < -0.4 is 10.3 Å². The fourth-order valence-electron chi connectivity index (χ4n) is 3.57. The molecule has 0 saturated carbocycles. The van der Waals surface area contributed by atoms with Crippen molar-refractivity contribution in [2.75, 3.05) is 6.61 Å². The van der Waals surface area contributed by atoms with E-state index in [9.17, 15) is 9.90 Å². The van der Waals surface area contributed by atoms with Crippen LogP contribution in [0.4, 0.5) is 0 Å². The second-order valence-electron chi connectivity index (χ2n) is 7.95. The van der Waals surface area contributed by atoms with Crippen LogP contribution in [0.3, 0.4) is 0 Å². The Kier molecular flexibility index (Phi) is 10.4. The maximum absolute atomic E-state index is 12.2. The normalized spacial score (nSPS) is 11.0. The molecule has 0 amide bonds. The van der Waals surface area contributed by atoms with Crippen molar-refractivity contribution in [2.45, 2.75) is 77.6 Å². The van der Waals surface area contributed by atoms with Crippen LogP contribution in [0.25, 0.3) is 0 Å². The first-order valence-corrected chi connectivity index (χ1v) is 11.2. The third kappa shape index (κ3) is 8.35. The second-order valence-corrected chi connectivity index (χ2v) is 7.95. The first-order chi connectivity index (χ1) is 14.1. The Morgan fingerprint density at radius 3 is 2.24 bits per heavy atom. The standard InChI is InChI=1S/C25H37NO3/c1-3-4-5-6-7-8-9-10-11-12-18-29-23-15-16-24(27)22(20-23)19-21-14-13-17-26(2)25(21)28/h13-17,20,27H,3-12,18-19H2,1-2H3. The number of rotatable bonds is 14. The Hall–Kier alpha value is -2.23. The lowest BCUT2D eigenvalue weighted by molar-refractivity contribution is 0.303. The molecule has 0 radical (unpaired) electrons. The summed E-state index contributed by atoms with van der Waals surface area (Å²) in [5, 5.41) is 10.2. The van der Waals surface area contributed by atoms with Gasteiger partial charge in [-0.25, -0.2) is 0 Å². The van der Waals surface area contributed by atoms with Gasteiger partial charge in [-0.2, -0.15) is 0 Å². The van der Waals surface area contributed by atoms with Crippen molar-refractivity contribution >= 4 is 0 Å². The Bertz CT molecular complexity index is 782. The predicted octanol–water partition coefficient (Wildman–Crippen LogP) is 5.98. The van der Waals surface area contributed by atoms with E-state index in [1.807, 2.05) is 12.1 Å². The highest BCUT2D eigenvalue weighted by Gasteiger charge is 2.08. The van der Waals surface area contributed by atoms with Gasteiger partial charge in [0.15, 0.2) is 0 Å². The number of aromatic hydroxyl groups is 1. The topological polar surface area (TPSA) is 51.5 Å². The van der Waals surface area contributed by atoms with E-state index in [1.165, 1.54) is 57.8 Å². The molecule has 1 aromatic heterocycles. The fourth-order valence-corrected chi connectivity index (χ4v) is 3.57. The average Bonchev–Trinajstić information content (AvgIpc) is 2.72. The maximum atomic E-state index is 12.2. The minimum Gasteiger partial charge on any atom is -0.508 e. The first-order valence-electron chi connectivity index (χ1n) is 11.2. The summed E-state index contributed by atoms with van der Waals surface area (Å²) in [5.41, 5.74) is 1.34. The number of pyridine rings is 1. The number of unbranched alkanes of at least 4 members (excludes halogenated alkanes) is 9. The number of ether oxygens (including phenoxy) is 1. The Morgan fingerprint density at radius 1 is 0.897 bits per heavy atom. The molecular weight excluding hydrogens is 362 g/mol. The summed E-state index contributed by atoms with van der Waals surface area (Å²) in [6.45, 7) is 2.94. The molecule has 2 aromatic rings. The maximum Gasteiger partial charge on any atom is 0.253 e. The molecule has 4 nitrogen and oxygen atoms in total. The van der Waals surface area contributed by atoms with Gasteiger partial charge >= 0.3 is 0 Å². The summed E-state index contributed by atoms with van der Waals surface area (Å²) < 4.78 is 7.42. The SMILES string of the molecule is CCCCCCCCCCCCOc1ccc(O)c(Cc2cccn(C)c2=O)c1. The van der Waals surface area contributed by atoms with Crippen molar-refractivity contribution in [2.24, 2.45) is 7.05 Å². The van der Waals surface area contributed by atoms with Crippen LogP contribution in [-0.4, -0.2) is 16.3 Å². The van der Waals surface area contributed by atoms with E-state index >= 15 is 0 Å². The van der Waals surface area contributed by atoms with Gasteiger partial charge in [-0.15, -0.1) is 0 Å². The Labute approximate surface area is 175 Å². The van der Waals surface area contributed by atoms with E-state index in [-0.39, 0.29) is 11.3 Å². The lowest BCUT2D eigenvalue weighted by atomic mass is 10.0. The molecule has 0 spiro atoms. The van der Waals surface area contributed by atoms with Gasteiger partial charge in [-0.3, -0.25) is 4.79 Å². The summed E-state index contributed by atoms with van der Waals surface area (Å²) in [6, 6.07) is 8.94. The third-order valence-corrected chi connectivity index (χ3v) is 5.40. The van der Waals surface area contributed by atoms with E-state index in [4.69, 9.17) is 4.74 Å². The quantitative estimate of drug-likeness (QED) is 0.397. The van der Waals surface area contributed by atoms with Crippen molar-refractivity contribution in [3.05, 3.63) is 58.0 Å². The van der Waals surface area contributed by atoms with Gasteiger partial charge in [0, 0.05) is 30.8 Å². The van der Waals surface area contributed by atoms with Crippen LogP contribution >= 0.6 is 0 Å². The average molecular weight is 400 g/mol. The molecule has 0 aliphatic rings. The number of phenolic OH excluding ortho intramolecular Hbond substituents is 1. The zero-order chi connectivity index (χ0) is 20.9. The van der Waals surface area contributed by atoms with Crippen molar-refractivity contribution in [3.63, 3.8) is 0 Å². The van der Waals surface area contributed by atoms with Gasteiger partial charge in [0.1, 0.15) is 11.5 Å². The zero-order valence-electron chi connectivity index (χ0n) is 18.2. The smallest absolute Gasteiger partial charge is 0.253 e. The molecular formula is C25H37NO3. The highest BCUT2D eigenvalue weighted by molar-refractivity contribution is 5.41. The largest absolute Gasteiger partial charge is 0.508 e. The molecule has 0 saturated heterocycles. The van der Waals surface area contributed by atoms with Gasteiger partial charge in [0.05, 0.1) is 6.61 Å². The van der Waals surface area contributed by atoms with Gasteiger partial charge in [0.25, 0.3) is 5.56 Å². The molecule has 0 fully saturated rings. The van der Waals surface area contributed by atoms with Crippen molar-refractivity contribution in [3.8, 4) is 11.5 Å².